The summed E-state index contributed by atoms with van der Waals surface area (Å²) in [5.41, 5.74) is 1.85. The number of nitrogens with zero attached hydrogens (tertiary/aromatic N) is 4. The fraction of sp³-hybridized carbons (Fsp3) is 0.381. The predicted octanol–water partition coefficient (Wildman–Crippen LogP) is 3.02. The molecule has 2 aromatic heterocycles. The molecule has 3 aromatic rings. The van der Waals surface area contributed by atoms with E-state index in [9.17, 15) is 10.0 Å². The number of rotatable bonds is 5. The smallest absolute Gasteiger partial charge is 0.384 e. The van der Waals surface area contributed by atoms with Crippen molar-refractivity contribution in [3.05, 3.63) is 64.2 Å². The molecule has 1 atom stereocenters. The minimum atomic E-state index is -0.749. The fourth-order valence-corrected chi connectivity index (χ4v) is 3.83. The van der Waals surface area contributed by atoms with Gasteiger partial charge in [0.25, 0.3) is 0 Å². The highest BCUT2D eigenvalue weighted by atomic mass is 16.5. The van der Waals surface area contributed by atoms with Crippen LogP contribution in [-0.2, 0) is 13.1 Å². The molecule has 4 rings (SSSR count). The van der Waals surface area contributed by atoms with Gasteiger partial charge in [-0.15, -0.1) is 4.73 Å². The van der Waals surface area contributed by atoms with Crippen molar-refractivity contribution in [2.75, 3.05) is 11.9 Å². The lowest BCUT2D eigenvalue weighted by molar-refractivity contribution is 0.152. The van der Waals surface area contributed by atoms with Crippen LogP contribution in [0.5, 0.6) is 0 Å². The van der Waals surface area contributed by atoms with Crippen molar-refractivity contribution >= 4 is 16.9 Å². The fourth-order valence-electron chi connectivity index (χ4n) is 3.83. The molecule has 1 aromatic carbocycles. The molecule has 7 nitrogen and oxygen atoms in total. The number of likely N-dealkylation sites (tertiary alicyclic amines) is 1. The van der Waals surface area contributed by atoms with E-state index in [0.29, 0.717) is 28.5 Å². The molecule has 146 valence electrons. The average molecular weight is 379 g/mol. The molecule has 0 aliphatic carbocycles. The quantitative estimate of drug-likeness (QED) is 0.663. The molecule has 3 heterocycles. The zero-order valence-corrected chi connectivity index (χ0v) is 16.0. The monoisotopic (exact) mass is 379 g/mol. The largest absolute Gasteiger partial charge is 0.422 e. The van der Waals surface area contributed by atoms with Crippen LogP contribution >= 0.6 is 0 Å². The third kappa shape index (κ3) is 3.84. The van der Waals surface area contributed by atoms with Crippen LogP contribution in [0.3, 0.4) is 0 Å². The maximum absolute atomic E-state index is 11.9. The molecule has 0 spiro atoms. The minimum Gasteiger partial charge on any atom is -0.422 e. The summed E-state index contributed by atoms with van der Waals surface area (Å²) in [6.45, 7) is 4.96. The first-order chi connectivity index (χ1) is 13.6. The number of fused-ring (bicyclic) bond motifs is 1. The molecule has 0 radical (unpaired) electrons. The van der Waals surface area contributed by atoms with E-state index < -0.39 is 5.69 Å². The van der Waals surface area contributed by atoms with E-state index >= 15 is 0 Å². The summed E-state index contributed by atoms with van der Waals surface area (Å²) in [5, 5.41) is 13.7. The predicted molar refractivity (Wildman–Crippen MR) is 108 cm³/mol. The number of hydrogen-bond donors (Lipinski definition) is 2. The van der Waals surface area contributed by atoms with E-state index in [1.54, 1.807) is 12.1 Å². The second-order valence-corrected chi connectivity index (χ2v) is 7.42. The van der Waals surface area contributed by atoms with Crippen molar-refractivity contribution in [2.24, 2.45) is 0 Å². The first-order valence-corrected chi connectivity index (χ1v) is 9.74. The Labute approximate surface area is 163 Å². The average Bonchev–Trinajstić information content (AvgIpc) is 2.72. The molecule has 0 amide bonds. The Morgan fingerprint density at radius 3 is 2.93 bits per heavy atom. The van der Waals surface area contributed by atoms with Gasteiger partial charge in [-0.2, -0.15) is 4.98 Å². The highest BCUT2D eigenvalue weighted by Gasteiger charge is 2.18. The third-order valence-electron chi connectivity index (χ3n) is 5.41. The van der Waals surface area contributed by atoms with Crippen molar-refractivity contribution in [3.8, 4) is 0 Å². The van der Waals surface area contributed by atoms with Gasteiger partial charge in [-0.25, -0.2) is 9.78 Å². The van der Waals surface area contributed by atoms with Crippen LogP contribution in [0.2, 0.25) is 0 Å². The summed E-state index contributed by atoms with van der Waals surface area (Å²) < 4.78 is 0.473. The molecule has 28 heavy (non-hydrogen) atoms. The molecular formula is C21H25N5O2. The summed E-state index contributed by atoms with van der Waals surface area (Å²) in [4.78, 5) is 22.4. The van der Waals surface area contributed by atoms with E-state index in [-0.39, 0.29) is 5.65 Å². The molecule has 1 unspecified atom stereocenters. The lowest BCUT2D eigenvalue weighted by atomic mass is 10.0. The van der Waals surface area contributed by atoms with E-state index in [1.807, 2.05) is 0 Å². The van der Waals surface area contributed by atoms with Crippen molar-refractivity contribution in [1.29, 1.82) is 0 Å². The van der Waals surface area contributed by atoms with Gasteiger partial charge in [-0.05, 0) is 49.6 Å². The minimum absolute atomic E-state index is 0.192. The second kappa shape index (κ2) is 7.98. The SMILES string of the molecule is CC1CCCCN1Cc1cccc(CNc2nc(=O)n(O)c3ncccc23)c1. The van der Waals surface area contributed by atoms with Crippen LogP contribution in [0.15, 0.2) is 47.4 Å². The van der Waals surface area contributed by atoms with E-state index in [2.05, 4.69) is 51.4 Å². The van der Waals surface area contributed by atoms with Gasteiger partial charge in [-0.3, -0.25) is 4.90 Å². The summed E-state index contributed by atoms with van der Waals surface area (Å²) >= 11 is 0. The van der Waals surface area contributed by atoms with E-state index in [4.69, 9.17) is 0 Å². The Morgan fingerprint density at radius 2 is 2.07 bits per heavy atom. The zero-order valence-electron chi connectivity index (χ0n) is 16.0. The highest BCUT2D eigenvalue weighted by molar-refractivity contribution is 5.86. The molecule has 1 aliphatic rings. The number of benzene rings is 1. The topological polar surface area (TPSA) is 83.3 Å². The summed E-state index contributed by atoms with van der Waals surface area (Å²) in [7, 11) is 0. The highest BCUT2D eigenvalue weighted by Crippen LogP contribution is 2.21. The van der Waals surface area contributed by atoms with E-state index in [1.165, 1.54) is 31.0 Å². The second-order valence-electron chi connectivity index (χ2n) is 7.42. The number of pyridine rings is 1. The van der Waals surface area contributed by atoms with Crippen LogP contribution in [-0.4, -0.2) is 37.4 Å². The Balaban J connectivity index is 1.51. The Hall–Kier alpha value is -2.93. The molecular weight excluding hydrogens is 354 g/mol. The third-order valence-corrected chi connectivity index (χ3v) is 5.41. The number of anilines is 1. The molecule has 7 heteroatoms. The Bertz CT molecular complexity index is 1030. The lowest BCUT2D eigenvalue weighted by Crippen LogP contribution is -2.36. The van der Waals surface area contributed by atoms with Gasteiger partial charge in [-0.1, -0.05) is 30.7 Å². The maximum atomic E-state index is 11.9. The number of hydrogen-bond acceptors (Lipinski definition) is 6. The molecule has 1 saturated heterocycles. The van der Waals surface area contributed by atoms with Crippen LogP contribution in [0, 0.1) is 0 Å². The van der Waals surface area contributed by atoms with Crippen LogP contribution in [0.25, 0.3) is 11.0 Å². The summed E-state index contributed by atoms with van der Waals surface area (Å²) in [6.07, 6.45) is 5.40. The number of aromatic nitrogens is 3. The number of piperidine rings is 1. The van der Waals surface area contributed by atoms with Gasteiger partial charge in [0.2, 0.25) is 0 Å². The van der Waals surface area contributed by atoms with Crippen molar-refractivity contribution < 1.29 is 5.21 Å². The van der Waals surface area contributed by atoms with Crippen molar-refractivity contribution in [3.63, 3.8) is 0 Å². The van der Waals surface area contributed by atoms with Crippen molar-refractivity contribution in [2.45, 2.75) is 45.3 Å². The van der Waals surface area contributed by atoms with Crippen molar-refractivity contribution in [1.82, 2.24) is 19.6 Å². The molecule has 2 N–H and O–H groups in total. The van der Waals surface area contributed by atoms with Gasteiger partial charge >= 0.3 is 5.69 Å². The molecule has 1 fully saturated rings. The van der Waals surface area contributed by atoms with Gasteiger partial charge in [0, 0.05) is 25.3 Å². The Kier molecular flexibility index (Phi) is 5.25. The van der Waals surface area contributed by atoms with Gasteiger partial charge < -0.3 is 10.5 Å². The molecule has 0 bridgehead atoms. The lowest BCUT2D eigenvalue weighted by Gasteiger charge is -2.33. The molecule has 1 aliphatic heterocycles. The van der Waals surface area contributed by atoms with E-state index in [0.717, 1.165) is 18.7 Å². The first-order valence-electron chi connectivity index (χ1n) is 9.74. The summed E-state index contributed by atoms with van der Waals surface area (Å²) in [5.74, 6) is 0.424. The standard InChI is InChI=1S/C21H25N5O2/c1-15-6-2-3-11-25(15)14-17-8-4-7-16(12-17)13-23-19-18-9-5-10-22-20(18)26(28)21(27)24-19/h4-5,7-10,12,15,28H,2-3,6,11,13-14H2,1H3,(H,23,24,27). The summed E-state index contributed by atoms with van der Waals surface area (Å²) in [6, 6.07) is 12.6. The Morgan fingerprint density at radius 1 is 1.21 bits per heavy atom. The normalized spacial score (nSPS) is 17.7. The zero-order chi connectivity index (χ0) is 19.5. The maximum Gasteiger partial charge on any atom is 0.384 e. The van der Waals surface area contributed by atoms with Gasteiger partial charge in [0.15, 0.2) is 5.65 Å². The van der Waals surface area contributed by atoms with Crippen LogP contribution in [0.1, 0.15) is 37.3 Å². The van der Waals surface area contributed by atoms with Gasteiger partial charge in [0.05, 0.1) is 5.39 Å². The number of nitrogens with one attached hydrogen (secondary N) is 1. The van der Waals surface area contributed by atoms with Crippen LogP contribution < -0.4 is 11.0 Å². The van der Waals surface area contributed by atoms with Crippen LogP contribution in [0.4, 0.5) is 5.82 Å². The first kappa shape index (κ1) is 18.4. The van der Waals surface area contributed by atoms with Gasteiger partial charge in [0.1, 0.15) is 5.82 Å². The molecule has 0 saturated carbocycles.